The lowest BCUT2D eigenvalue weighted by molar-refractivity contribution is 0.615. The predicted molar refractivity (Wildman–Crippen MR) is 84.5 cm³/mol. The Balaban J connectivity index is 2.06. The molecule has 0 heterocycles. The van der Waals surface area contributed by atoms with Gasteiger partial charge in [-0.05, 0) is 18.6 Å². The number of rotatable bonds is 7. The molecule has 0 aliphatic heterocycles. The topological polar surface area (TPSA) is 9.23 Å². The van der Waals surface area contributed by atoms with Crippen LogP contribution in [0.2, 0.25) is 0 Å². The molecule has 1 atom stereocenters. The number of para-hydroxylation sites is 1. The summed E-state index contributed by atoms with van der Waals surface area (Å²) >= 11 is 0. The van der Waals surface area contributed by atoms with Crippen molar-refractivity contribution < 1.29 is 4.52 Å². The van der Waals surface area contributed by atoms with E-state index in [2.05, 4.69) is 37.3 Å². The monoisotopic (exact) mass is 272 g/mol. The molecular formula is C17H21OP. The lowest BCUT2D eigenvalue weighted by atomic mass is 10.3. The van der Waals surface area contributed by atoms with Crippen LogP contribution in [0.3, 0.4) is 0 Å². The van der Waals surface area contributed by atoms with Gasteiger partial charge in [-0.15, -0.1) is 0 Å². The molecule has 1 nitrogen and oxygen atoms in total. The quantitative estimate of drug-likeness (QED) is 0.510. The van der Waals surface area contributed by atoms with E-state index in [1.807, 2.05) is 30.3 Å². The van der Waals surface area contributed by atoms with Crippen molar-refractivity contribution in [1.29, 1.82) is 0 Å². The predicted octanol–water partition coefficient (Wildman–Crippen LogP) is 4.98. The van der Waals surface area contributed by atoms with Gasteiger partial charge >= 0.3 is 0 Å². The molecule has 0 aromatic heterocycles. The van der Waals surface area contributed by atoms with Gasteiger partial charge in [0.15, 0.2) is 0 Å². The maximum Gasteiger partial charge on any atom is 0.123 e. The third-order valence-corrected chi connectivity index (χ3v) is 5.00. The summed E-state index contributed by atoms with van der Waals surface area (Å²) < 4.78 is 6.21. The SMILES string of the molecule is CCCCCP(Oc1ccccc1)c1ccccc1. The Morgan fingerprint density at radius 3 is 2.11 bits per heavy atom. The molecule has 0 fully saturated rings. The van der Waals surface area contributed by atoms with Gasteiger partial charge in [0.05, 0.1) is 0 Å². The van der Waals surface area contributed by atoms with Crippen molar-refractivity contribution in [2.24, 2.45) is 0 Å². The molecule has 1 unspecified atom stereocenters. The Morgan fingerprint density at radius 1 is 0.842 bits per heavy atom. The summed E-state index contributed by atoms with van der Waals surface area (Å²) in [6.07, 6.45) is 4.92. The molecule has 2 heteroatoms. The van der Waals surface area contributed by atoms with Crippen LogP contribution < -0.4 is 9.83 Å². The Bertz CT molecular complexity index is 455. The molecule has 0 bridgehead atoms. The Kier molecular flexibility index (Phi) is 5.91. The molecule has 0 aliphatic rings. The van der Waals surface area contributed by atoms with E-state index in [4.69, 9.17) is 4.52 Å². The molecule has 2 rings (SSSR count). The van der Waals surface area contributed by atoms with Crippen LogP contribution in [0.15, 0.2) is 60.7 Å². The molecule has 100 valence electrons. The highest BCUT2D eigenvalue weighted by Gasteiger charge is 2.13. The van der Waals surface area contributed by atoms with Gasteiger partial charge in [-0.1, -0.05) is 68.3 Å². The smallest absolute Gasteiger partial charge is 0.123 e. The van der Waals surface area contributed by atoms with Crippen molar-refractivity contribution in [3.8, 4) is 5.75 Å². The third kappa shape index (κ3) is 4.69. The van der Waals surface area contributed by atoms with Gasteiger partial charge in [0.25, 0.3) is 0 Å². The Hall–Kier alpha value is -1.33. The first-order valence-electron chi connectivity index (χ1n) is 6.96. The van der Waals surface area contributed by atoms with Crippen LogP contribution in [0.5, 0.6) is 5.75 Å². The number of unbranched alkanes of at least 4 members (excludes halogenated alkanes) is 2. The van der Waals surface area contributed by atoms with Crippen LogP contribution >= 0.6 is 8.15 Å². The second-order valence-electron chi connectivity index (χ2n) is 4.55. The maximum atomic E-state index is 6.21. The minimum atomic E-state index is -0.544. The maximum absolute atomic E-state index is 6.21. The zero-order valence-corrected chi connectivity index (χ0v) is 12.4. The molecule has 0 N–H and O–H groups in total. The fraction of sp³-hybridized carbons (Fsp3) is 0.294. The van der Waals surface area contributed by atoms with Gasteiger partial charge in [-0.25, -0.2) is 0 Å². The van der Waals surface area contributed by atoms with Gasteiger partial charge < -0.3 is 4.52 Å². The molecule has 0 saturated heterocycles. The minimum absolute atomic E-state index is 0.544. The first kappa shape index (κ1) is 14.1. The van der Waals surface area contributed by atoms with E-state index in [1.54, 1.807) is 0 Å². The minimum Gasteiger partial charge on any atom is -0.469 e. The average Bonchev–Trinajstić information content (AvgIpc) is 2.48. The second kappa shape index (κ2) is 7.96. The van der Waals surface area contributed by atoms with Crippen LogP contribution in [-0.4, -0.2) is 6.16 Å². The summed E-state index contributed by atoms with van der Waals surface area (Å²) in [5, 5.41) is 1.33. The summed E-state index contributed by atoms with van der Waals surface area (Å²) in [5.74, 6) is 0.981. The highest BCUT2D eigenvalue weighted by molar-refractivity contribution is 7.61. The summed E-state index contributed by atoms with van der Waals surface area (Å²) in [7, 11) is -0.544. The summed E-state index contributed by atoms with van der Waals surface area (Å²) in [5.41, 5.74) is 0. The fourth-order valence-corrected chi connectivity index (χ4v) is 3.78. The van der Waals surface area contributed by atoms with Crippen molar-refractivity contribution >= 4 is 13.5 Å². The van der Waals surface area contributed by atoms with E-state index in [0.717, 1.165) is 11.9 Å². The Labute approximate surface area is 117 Å². The largest absolute Gasteiger partial charge is 0.469 e. The van der Waals surface area contributed by atoms with E-state index in [9.17, 15) is 0 Å². The van der Waals surface area contributed by atoms with Crippen molar-refractivity contribution in [3.63, 3.8) is 0 Å². The van der Waals surface area contributed by atoms with Crippen molar-refractivity contribution in [2.75, 3.05) is 6.16 Å². The fourth-order valence-electron chi connectivity index (χ4n) is 1.94. The molecule has 0 radical (unpaired) electrons. The average molecular weight is 272 g/mol. The number of hydrogen-bond donors (Lipinski definition) is 0. The molecule has 0 saturated carbocycles. The van der Waals surface area contributed by atoms with Gasteiger partial charge in [-0.2, -0.15) is 0 Å². The third-order valence-electron chi connectivity index (χ3n) is 2.97. The summed E-state index contributed by atoms with van der Waals surface area (Å²) in [4.78, 5) is 0. The van der Waals surface area contributed by atoms with Gasteiger partial charge in [0.2, 0.25) is 0 Å². The molecule has 0 aliphatic carbocycles. The molecular weight excluding hydrogens is 251 g/mol. The molecule has 0 spiro atoms. The lowest BCUT2D eigenvalue weighted by Crippen LogP contribution is -2.07. The van der Waals surface area contributed by atoms with E-state index < -0.39 is 8.15 Å². The highest BCUT2D eigenvalue weighted by atomic mass is 31.1. The van der Waals surface area contributed by atoms with Crippen LogP contribution in [0.4, 0.5) is 0 Å². The van der Waals surface area contributed by atoms with E-state index >= 15 is 0 Å². The van der Waals surface area contributed by atoms with Crippen LogP contribution in [0.1, 0.15) is 26.2 Å². The van der Waals surface area contributed by atoms with Crippen molar-refractivity contribution in [1.82, 2.24) is 0 Å². The van der Waals surface area contributed by atoms with E-state index in [1.165, 1.54) is 24.6 Å². The molecule has 2 aromatic carbocycles. The highest BCUT2D eigenvalue weighted by Crippen LogP contribution is 2.38. The standard InChI is InChI=1S/C17H21OP/c1-2-3-10-15-19(17-13-8-5-9-14-17)18-16-11-6-4-7-12-16/h4-9,11-14H,2-3,10,15H2,1H3. The van der Waals surface area contributed by atoms with Crippen LogP contribution in [0, 0.1) is 0 Å². The number of benzene rings is 2. The lowest BCUT2D eigenvalue weighted by Gasteiger charge is -2.18. The van der Waals surface area contributed by atoms with Crippen molar-refractivity contribution in [2.45, 2.75) is 26.2 Å². The second-order valence-corrected chi connectivity index (χ2v) is 6.45. The van der Waals surface area contributed by atoms with Crippen LogP contribution in [-0.2, 0) is 0 Å². The first-order chi connectivity index (χ1) is 9.40. The zero-order chi connectivity index (χ0) is 13.3. The molecule has 2 aromatic rings. The molecule has 0 amide bonds. The number of hydrogen-bond acceptors (Lipinski definition) is 1. The van der Waals surface area contributed by atoms with Gasteiger partial charge in [-0.3, -0.25) is 0 Å². The molecule has 19 heavy (non-hydrogen) atoms. The normalized spacial score (nSPS) is 12.1. The summed E-state index contributed by atoms with van der Waals surface area (Å²) in [6, 6.07) is 20.8. The zero-order valence-electron chi connectivity index (χ0n) is 11.5. The van der Waals surface area contributed by atoms with E-state index in [-0.39, 0.29) is 0 Å². The summed E-state index contributed by atoms with van der Waals surface area (Å²) in [6.45, 7) is 2.24. The first-order valence-corrected chi connectivity index (χ1v) is 8.40. The van der Waals surface area contributed by atoms with Crippen molar-refractivity contribution in [3.05, 3.63) is 60.7 Å². The van der Waals surface area contributed by atoms with Gasteiger partial charge in [0, 0.05) is 11.5 Å². The Morgan fingerprint density at radius 2 is 1.47 bits per heavy atom. The van der Waals surface area contributed by atoms with Crippen LogP contribution in [0.25, 0.3) is 0 Å². The van der Waals surface area contributed by atoms with Gasteiger partial charge in [0.1, 0.15) is 13.9 Å². The van der Waals surface area contributed by atoms with E-state index in [0.29, 0.717) is 0 Å².